The predicted octanol–water partition coefficient (Wildman–Crippen LogP) is 4.92. The summed E-state index contributed by atoms with van der Waals surface area (Å²) >= 11 is 3.42. The summed E-state index contributed by atoms with van der Waals surface area (Å²) in [5.41, 5.74) is 2.59. The minimum Gasteiger partial charge on any atom is -0.489 e. The molecule has 2 aromatic rings. The van der Waals surface area contributed by atoms with Crippen molar-refractivity contribution in [1.82, 2.24) is 5.32 Å². The van der Waals surface area contributed by atoms with E-state index in [4.69, 9.17) is 4.74 Å². The fraction of sp³-hybridized carbons (Fsp3) is 0.333. The molecule has 0 aliphatic heterocycles. The Hall–Kier alpha value is -1.32. The van der Waals surface area contributed by atoms with Crippen molar-refractivity contribution in [3.05, 3.63) is 64.1 Å². The molecule has 21 heavy (non-hydrogen) atoms. The van der Waals surface area contributed by atoms with E-state index in [-0.39, 0.29) is 5.54 Å². The van der Waals surface area contributed by atoms with Crippen LogP contribution in [0.4, 0.5) is 0 Å². The van der Waals surface area contributed by atoms with Gasteiger partial charge in [0.1, 0.15) is 12.4 Å². The number of hydrogen-bond donors (Lipinski definition) is 1. The van der Waals surface area contributed by atoms with Gasteiger partial charge in [0.05, 0.1) is 0 Å². The highest BCUT2D eigenvalue weighted by atomic mass is 79.9. The van der Waals surface area contributed by atoms with Crippen LogP contribution in [0.25, 0.3) is 0 Å². The van der Waals surface area contributed by atoms with E-state index in [0.717, 1.165) is 16.8 Å². The third-order valence-electron chi connectivity index (χ3n) is 3.03. The Labute approximate surface area is 135 Å². The van der Waals surface area contributed by atoms with Crippen molar-refractivity contribution < 1.29 is 4.74 Å². The van der Waals surface area contributed by atoms with Crippen molar-refractivity contribution in [1.29, 1.82) is 0 Å². The monoisotopic (exact) mass is 347 g/mol. The summed E-state index contributed by atoms with van der Waals surface area (Å²) in [6.07, 6.45) is 0. The minimum atomic E-state index is 0.129. The first-order valence-electron chi connectivity index (χ1n) is 7.14. The Morgan fingerprint density at radius 3 is 2.33 bits per heavy atom. The first-order valence-corrected chi connectivity index (χ1v) is 7.93. The Morgan fingerprint density at radius 2 is 1.67 bits per heavy atom. The van der Waals surface area contributed by atoms with Gasteiger partial charge in [0, 0.05) is 16.6 Å². The summed E-state index contributed by atoms with van der Waals surface area (Å²) in [7, 11) is 0. The Morgan fingerprint density at radius 1 is 1.00 bits per heavy atom. The predicted molar refractivity (Wildman–Crippen MR) is 91.5 cm³/mol. The van der Waals surface area contributed by atoms with E-state index < -0.39 is 0 Å². The largest absolute Gasteiger partial charge is 0.489 e. The van der Waals surface area contributed by atoms with Crippen LogP contribution in [0.5, 0.6) is 5.75 Å². The zero-order valence-corrected chi connectivity index (χ0v) is 14.4. The van der Waals surface area contributed by atoms with E-state index in [1.165, 1.54) is 11.1 Å². The first kappa shape index (κ1) is 16.1. The molecule has 2 nitrogen and oxygen atoms in total. The third kappa shape index (κ3) is 5.90. The van der Waals surface area contributed by atoms with Crippen molar-refractivity contribution in [2.45, 2.75) is 39.5 Å². The van der Waals surface area contributed by atoms with Crippen molar-refractivity contribution >= 4 is 15.9 Å². The van der Waals surface area contributed by atoms with Gasteiger partial charge in [0.15, 0.2) is 0 Å². The molecular weight excluding hydrogens is 326 g/mol. The number of hydrogen-bond acceptors (Lipinski definition) is 2. The lowest BCUT2D eigenvalue weighted by atomic mass is 10.1. The summed E-state index contributed by atoms with van der Waals surface area (Å²) < 4.78 is 6.87. The van der Waals surface area contributed by atoms with E-state index in [2.05, 4.69) is 66.3 Å². The zero-order valence-electron chi connectivity index (χ0n) is 12.8. The molecule has 0 unspecified atom stereocenters. The van der Waals surface area contributed by atoms with Crippen LogP contribution in [0.15, 0.2) is 53.0 Å². The normalized spacial score (nSPS) is 11.4. The summed E-state index contributed by atoms with van der Waals surface area (Å²) in [6, 6.07) is 16.4. The van der Waals surface area contributed by atoms with Gasteiger partial charge in [0.25, 0.3) is 0 Å². The first-order chi connectivity index (χ1) is 9.92. The van der Waals surface area contributed by atoms with Gasteiger partial charge in [-0.05, 0) is 56.2 Å². The standard InChI is InChI=1S/C18H22BrNO/c1-18(2,3)20-12-14-5-4-6-15(11-14)13-21-17-9-7-16(19)8-10-17/h4-11,20H,12-13H2,1-3H3. The fourth-order valence-corrected chi connectivity index (χ4v) is 2.16. The Balaban J connectivity index is 1.93. The summed E-state index contributed by atoms with van der Waals surface area (Å²) in [5, 5.41) is 3.50. The topological polar surface area (TPSA) is 21.3 Å². The summed E-state index contributed by atoms with van der Waals surface area (Å²) in [4.78, 5) is 0. The molecule has 0 aliphatic carbocycles. The number of ether oxygens (including phenoxy) is 1. The smallest absolute Gasteiger partial charge is 0.119 e. The molecule has 0 radical (unpaired) electrons. The molecule has 0 amide bonds. The highest BCUT2D eigenvalue weighted by Gasteiger charge is 2.08. The molecular formula is C18H22BrNO. The molecule has 0 spiro atoms. The molecule has 0 atom stereocenters. The zero-order chi connectivity index (χ0) is 15.3. The molecule has 0 aromatic heterocycles. The maximum atomic E-state index is 5.81. The Bertz CT molecular complexity index is 573. The Kier molecular flexibility index (Phi) is 5.43. The van der Waals surface area contributed by atoms with Crippen molar-refractivity contribution in [2.24, 2.45) is 0 Å². The summed E-state index contributed by atoms with van der Waals surface area (Å²) in [5.74, 6) is 0.886. The van der Waals surface area contributed by atoms with E-state index in [1.54, 1.807) is 0 Å². The second kappa shape index (κ2) is 7.10. The lowest BCUT2D eigenvalue weighted by molar-refractivity contribution is 0.306. The van der Waals surface area contributed by atoms with E-state index in [9.17, 15) is 0 Å². The lowest BCUT2D eigenvalue weighted by Crippen LogP contribution is -2.35. The van der Waals surface area contributed by atoms with Crippen LogP contribution >= 0.6 is 15.9 Å². The van der Waals surface area contributed by atoms with Gasteiger partial charge in [0.2, 0.25) is 0 Å². The quantitative estimate of drug-likeness (QED) is 0.828. The molecule has 3 heteroatoms. The third-order valence-corrected chi connectivity index (χ3v) is 3.56. The molecule has 0 heterocycles. The number of nitrogens with one attached hydrogen (secondary N) is 1. The van der Waals surface area contributed by atoms with Gasteiger partial charge in [-0.25, -0.2) is 0 Å². The van der Waals surface area contributed by atoms with Crippen LogP contribution in [0, 0.1) is 0 Å². The van der Waals surface area contributed by atoms with Crippen LogP contribution in [0.3, 0.4) is 0 Å². The van der Waals surface area contributed by atoms with Crippen molar-refractivity contribution in [2.75, 3.05) is 0 Å². The van der Waals surface area contributed by atoms with Crippen LogP contribution in [-0.2, 0) is 13.2 Å². The average Bonchev–Trinajstić information content (AvgIpc) is 2.44. The molecule has 0 saturated heterocycles. The molecule has 1 N–H and O–H groups in total. The highest BCUT2D eigenvalue weighted by Crippen LogP contribution is 2.17. The molecule has 2 aromatic carbocycles. The maximum absolute atomic E-state index is 5.81. The molecule has 0 bridgehead atoms. The van der Waals surface area contributed by atoms with Gasteiger partial charge in [-0.15, -0.1) is 0 Å². The van der Waals surface area contributed by atoms with E-state index in [0.29, 0.717) is 6.61 Å². The number of rotatable bonds is 5. The van der Waals surface area contributed by atoms with Gasteiger partial charge in [-0.3, -0.25) is 0 Å². The van der Waals surface area contributed by atoms with Crippen molar-refractivity contribution in [3.8, 4) is 5.75 Å². The molecule has 112 valence electrons. The van der Waals surface area contributed by atoms with Crippen LogP contribution in [-0.4, -0.2) is 5.54 Å². The van der Waals surface area contributed by atoms with Crippen LogP contribution in [0.2, 0.25) is 0 Å². The SMILES string of the molecule is CC(C)(C)NCc1cccc(COc2ccc(Br)cc2)c1. The number of halogens is 1. The van der Waals surface area contributed by atoms with E-state index >= 15 is 0 Å². The molecule has 0 fully saturated rings. The second-order valence-electron chi connectivity index (χ2n) is 6.17. The molecule has 0 aliphatic rings. The highest BCUT2D eigenvalue weighted by molar-refractivity contribution is 9.10. The minimum absolute atomic E-state index is 0.129. The van der Waals surface area contributed by atoms with Crippen molar-refractivity contribution in [3.63, 3.8) is 0 Å². The van der Waals surface area contributed by atoms with Gasteiger partial charge in [-0.2, -0.15) is 0 Å². The number of benzene rings is 2. The molecule has 0 saturated carbocycles. The lowest BCUT2D eigenvalue weighted by Gasteiger charge is -2.20. The van der Waals surface area contributed by atoms with Crippen LogP contribution < -0.4 is 10.1 Å². The molecule has 2 rings (SSSR count). The van der Waals surface area contributed by atoms with Crippen LogP contribution in [0.1, 0.15) is 31.9 Å². The van der Waals surface area contributed by atoms with Gasteiger partial charge >= 0.3 is 0 Å². The van der Waals surface area contributed by atoms with Gasteiger partial charge < -0.3 is 10.1 Å². The van der Waals surface area contributed by atoms with E-state index in [1.807, 2.05) is 24.3 Å². The maximum Gasteiger partial charge on any atom is 0.119 e. The fourth-order valence-electron chi connectivity index (χ4n) is 1.89. The average molecular weight is 348 g/mol. The summed E-state index contributed by atoms with van der Waals surface area (Å²) in [6.45, 7) is 7.98. The second-order valence-corrected chi connectivity index (χ2v) is 7.08. The van der Waals surface area contributed by atoms with Gasteiger partial charge in [-0.1, -0.05) is 40.2 Å².